The number of phenolic OH excluding ortho intramolecular Hbond substituents is 2. The number of benzene rings is 2. The van der Waals surface area contributed by atoms with Crippen LogP contribution < -0.4 is 14.2 Å². The molecule has 0 saturated carbocycles. The van der Waals surface area contributed by atoms with E-state index in [2.05, 4.69) is 17.2 Å². The maximum Gasteiger partial charge on any atom is 0.174 e. The van der Waals surface area contributed by atoms with Gasteiger partial charge in [0.05, 0.1) is 19.7 Å². The Balaban J connectivity index is 1.54. The van der Waals surface area contributed by atoms with E-state index in [1.54, 1.807) is 29.1 Å². The Bertz CT molecular complexity index is 1110. The first-order chi connectivity index (χ1) is 15.0. The van der Waals surface area contributed by atoms with Crippen molar-refractivity contribution in [3.05, 3.63) is 53.3 Å². The van der Waals surface area contributed by atoms with Gasteiger partial charge in [-0.05, 0) is 24.1 Å². The van der Waals surface area contributed by atoms with Crippen molar-refractivity contribution in [2.75, 3.05) is 7.11 Å². The Kier molecular flexibility index (Phi) is 5.66. The standard InChI is InChI=1S/C22H23N3O6/c1-3-6-25-11-14(23-24-25)12-30-15-8-17(27)22-18(28)10-20(31-21(22)9-15)13-4-5-19(29-2)16(26)7-13/h4-5,7-9,11,20,26-27H,3,6,10,12H2,1-2H3/t20-/m0/s1. The molecule has 0 bridgehead atoms. The SMILES string of the molecule is CCCn1cc(COc2cc(O)c3c(c2)O[C@H](c2ccc(OC)c(O)c2)CC3=O)nn1. The molecular formula is C22H23N3O6. The number of ether oxygens (including phenoxy) is 3. The normalized spacial score (nSPS) is 15.3. The number of rotatable bonds is 7. The summed E-state index contributed by atoms with van der Waals surface area (Å²) in [6.45, 7) is 2.98. The second-order valence-corrected chi connectivity index (χ2v) is 7.24. The molecule has 9 nitrogen and oxygen atoms in total. The van der Waals surface area contributed by atoms with Crippen molar-refractivity contribution in [2.45, 2.75) is 39.0 Å². The van der Waals surface area contributed by atoms with E-state index < -0.39 is 6.10 Å². The predicted octanol–water partition coefficient (Wildman–Crippen LogP) is 3.39. The first-order valence-electron chi connectivity index (χ1n) is 9.94. The second-order valence-electron chi connectivity index (χ2n) is 7.24. The molecule has 0 fully saturated rings. The number of hydrogen-bond donors (Lipinski definition) is 2. The van der Waals surface area contributed by atoms with Crippen molar-refractivity contribution in [3.8, 4) is 28.7 Å². The minimum atomic E-state index is -0.611. The first-order valence-corrected chi connectivity index (χ1v) is 9.94. The van der Waals surface area contributed by atoms with E-state index in [0.717, 1.165) is 13.0 Å². The van der Waals surface area contributed by atoms with Gasteiger partial charge in [0.2, 0.25) is 0 Å². The molecule has 162 valence electrons. The van der Waals surface area contributed by atoms with Crippen LogP contribution in [0.2, 0.25) is 0 Å². The van der Waals surface area contributed by atoms with E-state index in [1.165, 1.54) is 19.2 Å². The van der Waals surface area contributed by atoms with E-state index in [0.29, 0.717) is 22.8 Å². The summed E-state index contributed by atoms with van der Waals surface area (Å²) in [5.74, 6) is 0.387. The lowest BCUT2D eigenvalue weighted by atomic mass is 9.95. The summed E-state index contributed by atoms with van der Waals surface area (Å²) < 4.78 is 18.5. The first kappa shape index (κ1) is 20.5. The smallest absolute Gasteiger partial charge is 0.174 e. The molecule has 3 aromatic rings. The third-order valence-corrected chi connectivity index (χ3v) is 4.97. The van der Waals surface area contributed by atoms with Crippen molar-refractivity contribution < 1.29 is 29.2 Å². The fourth-order valence-electron chi connectivity index (χ4n) is 3.49. The highest BCUT2D eigenvalue weighted by molar-refractivity contribution is 6.02. The number of phenols is 2. The molecule has 0 aliphatic carbocycles. The minimum absolute atomic E-state index is 0.0348. The Labute approximate surface area is 178 Å². The highest BCUT2D eigenvalue weighted by atomic mass is 16.5. The van der Waals surface area contributed by atoms with Crippen molar-refractivity contribution in [2.24, 2.45) is 0 Å². The van der Waals surface area contributed by atoms with Crippen LogP contribution in [0, 0.1) is 0 Å². The van der Waals surface area contributed by atoms with Gasteiger partial charge >= 0.3 is 0 Å². The highest BCUT2D eigenvalue weighted by Crippen LogP contribution is 2.43. The van der Waals surface area contributed by atoms with Gasteiger partial charge in [-0.2, -0.15) is 0 Å². The fourth-order valence-corrected chi connectivity index (χ4v) is 3.49. The topological polar surface area (TPSA) is 116 Å². The van der Waals surface area contributed by atoms with Gasteiger partial charge in [-0.25, -0.2) is 0 Å². The van der Waals surface area contributed by atoms with Crippen LogP contribution in [0.3, 0.4) is 0 Å². The van der Waals surface area contributed by atoms with Crippen LogP contribution in [-0.2, 0) is 13.2 Å². The summed E-state index contributed by atoms with van der Waals surface area (Å²) in [6, 6.07) is 7.79. The lowest BCUT2D eigenvalue weighted by Crippen LogP contribution is -2.20. The summed E-state index contributed by atoms with van der Waals surface area (Å²) in [7, 11) is 1.46. The lowest BCUT2D eigenvalue weighted by Gasteiger charge is -2.26. The van der Waals surface area contributed by atoms with E-state index >= 15 is 0 Å². The van der Waals surface area contributed by atoms with Crippen molar-refractivity contribution in [3.63, 3.8) is 0 Å². The molecule has 2 heterocycles. The maximum atomic E-state index is 12.7. The molecule has 4 rings (SSSR count). The van der Waals surface area contributed by atoms with Gasteiger partial charge in [-0.15, -0.1) is 5.10 Å². The molecule has 1 aromatic heterocycles. The summed E-state index contributed by atoms with van der Waals surface area (Å²) in [5.41, 5.74) is 1.39. The second kappa shape index (κ2) is 8.55. The molecule has 0 radical (unpaired) electrons. The van der Waals surface area contributed by atoms with Gasteiger partial charge in [0.25, 0.3) is 0 Å². The van der Waals surface area contributed by atoms with Gasteiger partial charge in [0, 0.05) is 18.7 Å². The van der Waals surface area contributed by atoms with Crippen LogP contribution in [0.4, 0.5) is 0 Å². The molecule has 2 N–H and O–H groups in total. The largest absolute Gasteiger partial charge is 0.507 e. The monoisotopic (exact) mass is 425 g/mol. The zero-order valence-electron chi connectivity index (χ0n) is 17.2. The zero-order valence-corrected chi connectivity index (χ0v) is 17.2. The van der Waals surface area contributed by atoms with E-state index in [-0.39, 0.29) is 41.6 Å². The Morgan fingerprint density at radius 1 is 1.23 bits per heavy atom. The number of nitrogens with zero attached hydrogens (tertiary/aromatic N) is 3. The fraction of sp³-hybridized carbons (Fsp3) is 0.318. The number of ketones is 1. The molecule has 2 aromatic carbocycles. The van der Waals surface area contributed by atoms with Crippen molar-refractivity contribution >= 4 is 5.78 Å². The molecule has 0 spiro atoms. The molecule has 9 heteroatoms. The highest BCUT2D eigenvalue weighted by Gasteiger charge is 2.31. The van der Waals surface area contributed by atoms with E-state index in [1.807, 2.05) is 0 Å². The van der Waals surface area contributed by atoms with Gasteiger partial charge < -0.3 is 24.4 Å². The number of aromatic nitrogens is 3. The van der Waals surface area contributed by atoms with Crippen LogP contribution in [0.1, 0.15) is 47.5 Å². The molecule has 0 amide bonds. The van der Waals surface area contributed by atoms with Gasteiger partial charge in [0.1, 0.15) is 41.2 Å². The average Bonchev–Trinajstić information content (AvgIpc) is 3.19. The Morgan fingerprint density at radius 3 is 2.81 bits per heavy atom. The van der Waals surface area contributed by atoms with Crippen molar-refractivity contribution in [1.82, 2.24) is 15.0 Å². The molecule has 31 heavy (non-hydrogen) atoms. The Morgan fingerprint density at radius 2 is 2.06 bits per heavy atom. The van der Waals surface area contributed by atoms with Gasteiger partial charge in [0.15, 0.2) is 17.3 Å². The number of methoxy groups -OCH3 is 1. The van der Waals surface area contributed by atoms with E-state index in [9.17, 15) is 15.0 Å². The number of Topliss-reactive ketones (excluding diaryl/α,β-unsaturated/α-hetero) is 1. The predicted molar refractivity (Wildman–Crippen MR) is 110 cm³/mol. The lowest BCUT2D eigenvalue weighted by molar-refractivity contribution is 0.0844. The minimum Gasteiger partial charge on any atom is -0.507 e. The summed E-state index contributed by atoms with van der Waals surface area (Å²) >= 11 is 0. The third-order valence-electron chi connectivity index (χ3n) is 4.97. The van der Waals surface area contributed by atoms with Crippen molar-refractivity contribution in [1.29, 1.82) is 0 Å². The van der Waals surface area contributed by atoms with Crippen LogP contribution in [0.15, 0.2) is 36.5 Å². The number of hydrogen-bond acceptors (Lipinski definition) is 8. The molecule has 0 unspecified atom stereocenters. The van der Waals surface area contributed by atoms with Crippen LogP contribution in [0.5, 0.6) is 28.7 Å². The molecular weight excluding hydrogens is 402 g/mol. The van der Waals surface area contributed by atoms with Crippen LogP contribution in [0.25, 0.3) is 0 Å². The average molecular weight is 425 g/mol. The maximum absolute atomic E-state index is 12.7. The number of aromatic hydroxyl groups is 2. The molecule has 1 atom stereocenters. The summed E-state index contributed by atoms with van der Waals surface area (Å²) in [5, 5.41) is 28.5. The van der Waals surface area contributed by atoms with Gasteiger partial charge in [-0.3, -0.25) is 9.48 Å². The number of carbonyl (C=O) groups excluding carboxylic acids is 1. The Hall–Kier alpha value is -3.75. The van der Waals surface area contributed by atoms with Crippen LogP contribution in [-0.4, -0.2) is 38.1 Å². The quantitative estimate of drug-likeness (QED) is 0.592. The summed E-state index contributed by atoms with van der Waals surface area (Å²) in [4.78, 5) is 12.7. The number of carbonyl (C=O) groups is 1. The number of aryl methyl sites for hydroxylation is 1. The molecule has 1 aliphatic heterocycles. The van der Waals surface area contributed by atoms with Gasteiger partial charge in [-0.1, -0.05) is 18.2 Å². The molecule has 1 aliphatic rings. The summed E-state index contributed by atoms with van der Waals surface area (Å²) in [6.07, 6.45) is 2.17. The number of fused-ring (bicyclic) bond motifs is 1. The third kappa shape index (κ3) is 4.25. The van der Waals surface area contributed by atoms with E-state index in [4.69, 9.17) is 14.2 Å². The van der Waals surface area contributed by atoms with Crippen LogP contribution >= 0.6 is 0 Å². The molecule has 0 saturated heterocycles. The zero-order chi connectivity index (χ0) is 22.0.